The minimum atomic E-state index is -0.0561. The molecule has 0 saturated heterocycles. The number of anilines is 1. The third-order valence-electron chi connectivity index (χ3n) is 4.49. The van der Waals surface area contributed by atoms with Crippen molar-refractivity contribution >= 4 is 22.7 Å². The van der Waals surface area contributed by atoms with E-state index >= 15 is 0 Å². The minimum absolute atomic E-state index is 0.0561. The summed E-state index contributed by atoms with van der Waals surface area (Å²) in [4.78, 5) is 16.8. The number of hydrogen-bond acceptors (Lipinski definition) is 3. The molecule has 1 amide bonds. The van der Waals surface area contributed by atoms with Gasteiger partial charge >= 0.3 is 0 Å². The molecule has 0 spiro atoms. The van der Waals surface area contributed by atoms with Crippen molar-refractivity contribution in [3.63, 3.8) is 0 Å². The summed E-state index contributed by atoms with van der Waals surface area (Å²) in [5, 5.41) is 2.93. The average molecular weight is 356 g/mol. The topological polar surface area (TPSA) is 55.1 Å². The van der Waals surface area contributed by atoms with Crippen LogP contribution >= 0.6 is 0 Å². The Bertz CT molecular complexity index is 1070. The standard InChI is InChI=1S/C23H20N2O2/c1-2-16-8-10-18(11-9-16)23-25-20-15-19(12-13-21(20)27-23)24-22(26)14-17-6-4-3-5-7-17/h3-13,15H,2,14H2,1H3,(H,24,26). The van der Waals surface area contributed by atoms with Crippen LogP contribution in [0, 0.1) is 0 Å². The van der Waals surface area contributed by atoms with Gasteiger partial charge in [0.1, 0.15) is 5.52 Å². The number of aromatic nitrogens is 1. The van der Waals surface area contributed by atoms with Crippen LogP contribution in [0.2, 0.25) is 0 Å². The van der Waals surface area contributed by atoms with Gasteiger partial charge in [-0.2, -0.15) is 0 Å². The molecule has 0 fully saturated rings. The maximum atomic E-state index is 12.3. The number of nitrogens with one attached hydrogen (secondary N) is 1. The molecule has 0 atom stereocenters. The van der Waals surface area contributed by atoms with Crippen LogP contribution in [0.5, 0.6) is 0 Å². The molecule has 4 aromatic rings. The van der Waals surface area contributed by atoms with Crippen molar-refractivity contribution in [3.8, 4) is 11.5 Å². The highest BCUT2D eigenvalue weighted by atomic mass is 16.3. The van der Waals surface area contributed by atoms with Crippen LogP contribution in [0.4, 0.5) is 5.69 Å². The third kappa shape index (κ3) is 3.90. The molecule has 3 aromatic carbocycles. The van der Waals surface area contributed by atoms with Crippen molar-refractivity contribution in [2.24, 2.45) is 0 Å². The molecule has 0 bridgehead atoms. The van der Waals surface area contributed by atoms with E-state index in [0.29, 0.717) is 23.6 Å². The Morgan fingerprint density at radius 1 is 0.963 bits per heavy atom. The fraction of sp³-hybridized carbons (Fsp3) is 0.130. The van der Waals surface area contributed by atoms with Gasteiger partial charge in [-0.15, -0.1) is 0 Å². The smallest absolute Gasteiger partial charge is 0.228 e. The Hall–Kier alpha value is -3.40. The van der Waals surface area contributed by atoms with E-state index in [2.05, 4.69) is 29.4 Å². The lowest BCUT2D eigenvalue weighted by Crippen LogP contribution is -2.14. The Kier molecular flexibility index (Phi) is 4.71. The van der Waals surface area contributed by atoms with Crippen LogP contribution < -0.4 is 5.32 Å². The van der Waals surface area contributed by atoms with Crippen molar-refractivity contribution < 1.29 is 9.21 Å². The van der Waals surface area contributed by atoms with Crippen molar-refractivity contribution in [2.75, 3.05) is 5.32 Å². The molecule has 4 heteroatoms. The molecule has 0 unspecified atom stereocenters. The summed E-state index contributed by atoms with van der Waals surface area (Å²) in [5.41, 5.74) is 5.34. The second-order valence-corrected chi connectivity index (χ2v) is 6.46. The highest BCUT2D eigenvalue weighted by molar-refractivity contribution is 5.94. The molecule has 0 saturated carbocycles. The monoisotopic (exact) mass is 356 g/mol. The normalized spacial score (nSPS) is 10.9. The number of nitrogens with zero attached hydrogens (tertiary/aromatic N) is 1. The first-order valence-electron chi connectivity index (χ1n) is 9.05. The number of amides is 1. The third-order valence-corrected chi connectivity index (χ3v) is 4.49. The number of rotatable bonds is 5. The Balaban J connectivity index is 1.52. The molecule has 1 N–H and O–H groups in total. The first-order valence-corrected chi connectivity index (χ1v) is 9.05. The molecule has 4 nitrogen and oxygen atoms in total. The molecule has 1 heterocycles. The summed E-state index contributed by atoms with van der Waals surface area (Å²) >= 11 is 0. The maximum Gasteiger partial charge on any atom is 0.228 e. The lowest BCUT2D eigenvalue weighted by Gasteiger charge is -2.04. The summed E-state index contributed by atoms with van der Waals surface area (Å²) in [6.07, 6.45) is 1.34. The molecule has 0 aliphatic heterocycles. The zero-order valence-electron chi connectivity index (χ0n) is 15.1. The van der Waals surface area contributed by atoms with Crippen molar-refractivity contribution in [1.29, 1.82) is 0 Å². The largest absolute Gasteiger partial charge is 0.436 e. The van der Waals surface area contributed by atoms with Crippen molar-refractivity contribution in [1.82, 2.24) is 4.98 Å². The second kappa shape index (κ2) is 7.46. The second-order valence-electron chi connectivity index (χ2n) is 6.46. The van der Waals surface area contributed by atoms with E-state index in [1.807, 2.05) is 60.7 Å². The van der Waals surface area contributed by atoms with Gasteiger partial charge in [-0.3, -0.25) is 4.79 Å². The maximum absolute atomic E-state index is 12.3. The SMILES string of the molecule is CCc1ccc(-c2nc3cc(NC(=O)Cc4ccccc4)ccc3o2)cc1. The van der Waals surface area contributed by atoms with Crippen LogP contribution in [0.15, 0.2) is 77.2 Å². The van der Waals surface area contributed by atoms with Crippen molar-refractivity contribution in [3.05, 3.63) is 83.9 Å². The first-order chi connectivity index (χ1) is 13.2. The predicted molar refractivity (Wildman–Crippen MR) is 108 cm³/mol. The molecular weight excluding hydrogens is 336 g/mol. The number of aryl methyl sites for hydroxylation is 1. The predicted octanol–water partition coefficient (Wildman–Crippen LogP) is 5.24. The molecule has 0 radical (unpaired) electrons. The summed E-state index contributed by atoms with van der Waals surface area (Å²) in [6, 6.07) is 23.4. The fourth-order valence-electron chi connectivity index (χ4n) is 3.00. The van der Waals surface area contributed by atoms with Gasteiger partial charge in [0.2, 0.25) is 11.8 Å². The van der Waals surface area contributed by atoms with Gasteiger partial charge in [0.05, 0.1) is 6.42 Å². The minimum Gasteiger partial charge on any atom is -0.436 e. The van der Waals surface area contributed by atoms with Crippen LogP contribution in [0.3, 0.4) is 0 Å². The number of fused-ring (bicyclic) bond motifs is 1. The highest BCUT2D eigenvalue weighted by Crippen LogP contribution is 2.26. The molecular formula is C23H20N2O2. The summed E-state index contributed by atoms with van der Waals surface area (Å²) < 4.78 is 5.86. The Morgan fingerprint density at radius 3 is 2.48 bits per heavy atom. The molecule has 4 rings (SSSR count). The van der Waals surface area contributed by atoms with E-state index < -0.39 is 0 Å². The van der Waals surface area contributed by atoms with Crippen LogP contribution in [-0.4, -0.2) is 10.9 Å². The molecule has 1 aromatic heterocycles. The summed E-state index contributed by atoms with van der Waals surface area (Å²) in [5.74, 6) is 0.528. The van der Waals surface area contributed by atoms with Gasteiger partial charge in [0.15, 0.2) is 5.58 Å². The Morgan fingerprint density at radius 2 is 1.74 bits per heavy atom. The first kappa shape index (κ1) is 17.0. The van der Waals surface area contributed by atoms with E-state index in [1.165, 1.54) is 5.56 Å². The molecule has 0 aliphatic carbocycles. The van der Waals surface area contributed by atoms with Gasteiger partial charge in [0.25, 0.3) is 0 Å². The molecule has 0 aliphatic rings. The van der Waals surface area contributed by atoms with Gasteiger partial charge < -0.3 is 9.73 Å². The average Bonchev–Trinajstić information content (AvgIpc) is 3.12. The number of hydrogen-bond donors (Lipinski definition) is 1. The number of benzene rings is 3. The highest BCUT2D eigenvalue weighted by Gasteiger charge is 2.10. The van der Waals surface area contributed by atoms with E-state index in [-0.39, 0.29) is 5.91 Å². The van der Waals surface area contributed by atoms with E-state index in [9.17, 15) is 4.79 Å². The van der Waals surface area contributed by atoms with E-state index in [4.69, 9.17) is 4.42 Å². The number of carbonyl (C=O) groups excluding carboxylic acids is 1. The van der Waals surface area contributed by atoms with Gasteiger partial charge in [-0.1, -0.05) is 49.4 Å². The molecule has 134 valence electrons. The van der Waals surface area contributed by atoms with Crippen LogP contribution in [-0.2, 0) is 17.6 Å². The number of carbonyl (C=O) groups is 1. The van der Waals surface area contributed by atoms with E-state index in [1.54, 1.807) is 0 Å². The summed E-state index contributed by atoms with van der Waals surface area (Å²) in [7, 11) is 0. The van der Waals surface area contributed by atoms with Gasteiger partial charge in [0, 0.05) is 11.3 Å². The van der Waals surface area contributed by atoms with E-state index in [0.717, 1.165) is 23.1 Å². The molecule has 27 heavy (non-hydrogen) atoms. The Labute approximate surface area is 157 Å². The lowest BCUT2D eigenvalue weighted by atomic mass is 10.1. The van der Waals surface area contributed by atoms with Gasteiger partial charge in [-0.05, 0) is 47.9 Å². The number of oxazole rings is 1. The van der Waals surface area contributed by atoms with Crippen LogP contribution in [0.1, 0.15) is 18.1 Å². The zero-order valence-corrected chi connectivity index (χ0v) is 15.1. The lowest BCUT2D eigenvalue weighted by molar-refractivity contribution is -0.115. The summed E-state index contributed by atoms with van der Waals surface area (Å²) in [6.45, 7) is 2.13. The van der Waals surface area contributed by atoms with Crippen molar-refractivity contribution in [2.45, 2.75) is 19.8 Å². The van der Waals surface area contributed by atoms with Gasteiger partial charge in [-0.25, -0.2) is 4.98 Å². The zero-order chi connectivity index (χ0) is 18.6. The fourth-order valence-corrected chi connectivity index (χ4v) is 3.00. The van der Waals surface area contributed by atoms with Crippen LogP contribution in [0.25, 0.3) is 22.6 Å². The quantitative estimate of drug-likeness (QED) is 0.532.